The number of rotatable bonds is 6. The van der Waals surface area contributed by atoms with Crippen molar-refractivity contribution >= 4 is 22.5 Å². The van der Waals surface area contributed by atoms with E-state index in [-0.39, 0.29) is 11.6 Å². The smallest absolute Gasteiger partial charge is 0.271 e. The molecular formula is C17H23N5O3. The highest BCUT2D eigenvalue weighted by Crippen LogP contribution is 2.20. The second-order valence-corrected chi connectivity index (χ2v) is 6.67. The number of hydrogen-bond acceptors (Lipinski definition) is 5. The van der Waals surface area contributed by atoms with Crippen molar-refractivity contribution in [1.82, 2.24) is 20.0 Å². The summed E-state index contributed by atoms with van der Waals surface area (Å²) in [6, 6.07) is 4.64. The molecule has 0 aliphatic carbocycles. The Kier molecular flexibility index (Phi) is 5.28. The minimum Gasteiger partial charge on any atom is -0.356 e. The zero-order chi connectivity index (χ0) is 17.8. The summed E-state index contributed by atoms with van der Waals surface area (Å²) in [5.74, 6) is 0.543. The van der Waals surface area contributed by atoms with Crippen LogP contribution in [0, 0.1) is 16.0 Å². The van der Waals surface area contributed by atoms with Crippen LogP contribution in [-0.2, 0) is 11.3 Å². The number of carbonyl (C=O) groups excluding carboxylic acids is 1. The van der Waals surface area contributed by atoms with Gasteiger partial charge in [-0.15, -0.1) is 0 Å². The second-order valence-electron chi connectivity index (χ2n) is 6.67. The molecule has 0 radical (unpaired) electrons. The van der Waals surface area contributed by atoms with Crippen LogP contribution in [0.25, 0.3) is 10.9 Å². The van der Waals surface area contributed by atoms with E-state index in [0.29, 0.717) is 24.4 Å². The van der Waals surface area contributed by atoms with Crippen LogP contribution in [0.3, 0.4) is 0 Å². The fourth-order valence-corrected chi connectivity index (χ4v) is 3.17. The highest BCUT2D eigenvalue weighted by Gasteiger charge is 2.17. The van der Waals surface area contributed by atoms with Gasteiger partial charge in [-0.1, -0.05) is 0 Å². The Hall–Kier alpha value is -2.48. The van der Waals surface area contributed by atoms with Gasteiger partial charge in [-0.05, 0) is 45.0 Å². The molecule has 2 heterocycles. The first kappa shape index (κ1) is 17.3. The van der Waals surface area contributed by atoms with Crippen molar-refractivity contribution in [2.24, 2.45) is 5.92 Å². The lowest BCUT2D eigenvalue weighted by Gasteiger charge is -2.28. The number of aromatic nitrogens is 2. The number of nitrogens with one attached hydrogen (secondary N) is 1. The Bertz CT molecular complexity index is 765. The number of nitro groups is 1. The molecule has 0 unspecified atom stereocenters. The van der Waals surface area contributed by atoms with Gasteiger partial charge in [0.25, 0.3) is 5.69 Å². The number of piperidine rings is 1. The molecule has 1 amide bonds. The minimum atomic E-state index is -0.426. The Labute approximate surface area is 145 Å². The predicted octanol–water partition coefficient (Wildman–Crippen LogP) is 1.79. The molecule has 0 spiro atoms. The maximum Gasteiger partial charge on any atom is 0.271 e. The number of carbonyl (C=O) groups is 1. The lowest BCUT2D eigenvalue weighted by atomic mass is 9.97. The van der Waals surface area contributed by atoms with E-state index in [1.807, 2.05) is 0 Å². The van der Waals surface area contributed by atoms with Crippen LogP contribution < -0.4 is 5.32 Å². The zero-order valence-electron chi connectivity index (χ0n) is 14.4. The van der Waals surface area contributed by atoms with Gasteiger partial charge in [-0.3, -0.25) is 19.6 Å². The summed E-state index contributed by atoms with van der Waals surface area (Å²) in [6.45, 7) is 3.29. The first-order valence-corrected chi connectivity index (χ1v) is 8.58. The van der Waals surface area contributed by atoms with Crippen molar-refractivity contribution in [2.45, 2.75) is 25.8 Å². The number of nitro benzene ring substituents is 1. The second kappa shape index (κ2) is 7.60. The van der Waals surface area contributed by atoms with E-state index >= 15 is 0 Å². The highest BCUT2D eigenvalue weighted by atomic mass is 16.6. The average Bonchev–Trinajstić information content (AvgIpc) is 3.01. The molecule has 134 valence electrons. The third kappa shape index (κ3) is 4.33. The van der Waals surface area contributed by atoms with Crippen LogP contribution in [0.2, 0.25) is 0 Å². The monoisotopic (exact) mass is 345 g/mol. The third-order valence-corrected chi connectivity index (χ3v) is 4.82. The Balaban J connectivity index is 1.52. The van der Waals surface area contributed by atoms with Crippen molar-refractivity contribution < 1.29 is 9.72 Å². The summed E-state index contributed by atoms with van der Waals surface area (Å²) >= 11 is 0. The van der Waals surface area contributed by atoms with Crippen LogP contribution in [0.5, 0.6) is 0 Å². The van der Waals surface area contributed by atoms with Crippen LogP contribution >= 0.6 is 0 Å². The van der Waals surface area contributed by atoms with E-state index in [9.17, 15) is 14.9 Å². The van der Waals surface area contributed by atoms with Crippen molar-refractivity contribution in [2.75, 3.05) is 26.7 Å². The number of aryl methyl sites for hydroxylation is 1. The highest BCUT2D eigenvalue weighted by molar-refractivity contribution is 5.81. The number of non-ortho nitro benzene ring substituents is 1. The van der Waals surface area contributed by atoms with Crippen LogP contribution in [-0.4, -0.2) is 52.2 Å². The van der Waals surface area contributed by atoms with Crippen LogP contribution in [0.15, 0.2) is 24.4 Å². The molecule has 1 aliphatic rings. The van der Waals surface area contributed by atoms with Gasteiger partial charge in [-0.2, -0.15) is 5.10 Å². The Morgan fingerprint density at radius 3 is 2.88 bits per heavy atom. The standard InChI is InChI=1S/C17H23N5O3/c1-20-7-4-13(5-8-20)11-18-17(23)6-9-21-16-10-15(22(24)25)3-2-14(16)12-19-21/h2-3,10,12-13H,4-9,11H2,1H3,(H,18,23). The molecule has 0 saturated carbocycles. The zero-order valence-corrected chi connectivity index (χ0v) is 14.4. The molecule has 1 aromatic heterocycles. The van der Waals surface area contributed by atoms with Crippen molar-refractivity contribution in [3.8, 4) is 0 Å². The molecule has 1 N–H and O–H groups in total. The first-order valence-electron chi connectivity index (χ1n) is 8.58. The van der Waals surface area contributed by atoms with E-state index in [0.717, 1.165) is 37.9 Å². The lowest BCUT2D eigenvalue weighted by molar-refractivity contribution is -0.384. The molecule has 0 bridgehead atoms. The Morgan fingerprint density at radius 2 is 2.16 bits per heavy atom. The van der Waals surface area contributed by atoms with Crippen LogP contribution in [0.4, 0.5) is 5.69 Å². The molecule has 2 aromatic rings. The number of benzene rings is 1. The van der Waals surface area contributed by atoms with Gasteiger partial charge in [0.15, 0.2) is 0 Å². The molecule has 1 fully saturated rings. The maximum atomic E-state index is 12.1. The number of likely N-dealkylation sites (tertiary alicyclic amines) is 1. The summed E-state index contributed by atoms with van der Waals surface area (Å²) in [5, 5.41) is 19.0. The largest absolute Gasteiger partial charge is 0.356 e. The third-order valence-electron chi connectivity index (χ3n) is 4.82. The van der Waals surface area contributed by atoms with E-state index in [1.165, 1.54) is 12.1 Å². The Morgan fingerprint density at radius 1 is 1.40 bits per heavy atom. The fraction of sp³-hybridized carbons (Fsp3) is 0.529. The summed E-state index contributed by atoms with van der Waals surface area (Å²) in [6.07, 6.45) is 4.20. The van der Waals surface area contributed by atoms with Crippen LogP contribution in [0.1, 0.15) is 19.3 Å². The average molecular weight is 345 g/mol. The minimum absolute atomic E-state index is 0.00647. The van der Waals surface area contributed by atoms with Crippen molar-refractivity contribution in [1.29, 1.82) is 0 Å². The number of fused-ring (bicyclic) bond motifs is 1. The first-order chi connectivity index (χ1) is 12.0. The SMILES string of the molecule is CN1CCC(CNC(=O)CCn2ncc3ccc([N+](=O)[O-])cc32)CC1. The normalized spacial score (nSPS) is 16.2. The molecule has 0 atom stereocenters. The number of amides is 1. The maximum absolute atomic E-state index is 12.1. The summed E-state index contributed by atoms with van der Waals surface area (Å²) in [5.41, 5.74) is 0.707. The van der Waals surface area contributed by atoms with Crippen molar-refractivity contribution in [3.63, 3.8) is 0 Å². The van der Waals surface area contributed by atoms with Gasteiger partial charge in [0.05, 0.1) is 23.2 Å². The van der Waals surface area contributed by atoms with Gasteiger partial charge in [0.2, 0.25) is 5.91 Å². The van der Waals surface area contributed by atoms with E-state index in [2.05, 4.69) is 22.4 Å². The fourth-order valence-electron chi connectivity index (χ4n) is 3.17. The molecule has 25 heavy (non-hydrogen) atoms. The summed E-state index contributed by atoms with van der Waals surface area (Å²) < 4.78 is 1.65. The van der Waals surface area contributed by atoms with Gasteiger partial charge in [0, 0.05) is 30.5 Å². The molecule has 1 aliphatic heterocycles. The predicted molar refractivity (Wildman–Crippen MR) is 94.2 cm³/mol. The number of hydrogen-bond donors (Lipinski definition) is 1. The lowest BCUT2D eigenvalue weighted by Crippen LogP contribution is -2.37. The van der Waals surface area contributed by atoms with Gasteiger partial charge in [-0.25, -0.2) is 0 Å². The molecule has 8 heteroatoms. The summed E-state index contributed by atoms with van der Waals surface area (Å²) in [4.78, 5) is 24.9. The molecule has 1 saturated heterocycles. The molecule has 3 rings (SSSR count). The van der Waals surface area contributed by atoms with Crippen molar-refractivity contribution in [3.05, 3.63) is 34.5 Å². The number of nitrogens with zero attached hydrogens (tertiary/aromatic N) is 4. The van der Waals surface area contributed by atoms with E-state index < -0.39 is 4.92 Å². The topological polar surface area (TPSA) is 93.3 Å². The molecule has 1 aromatic carbocycles. The van der Waals surface area contributed by atoms with Gasteiger partial charge < -0.3 is 10.2 Å². The molecule has 8 nitrogen and oxygen atoms in total. The van der Waals surface area contributed by atoms with E-state index in [4.69, 9.17) is 0 Å². The quantitative estimate of drug-likeness (QED) is 0.636. The van der Waals surface area contributed by atoms with Gasteiger partial charge >= 0.3 is 0 Å². The van der Waals surface area contributed by atoms with Gasteiger partial charge in [0.1, 0.15) is 0 Å². The summed E-state index contributed by atoms with van der Waals surface area (Å²) in [7, 11) is 2.12. The van der Waals surface area contributed by atoms with E-state index in [1.54, 1.807) is 16.9 Å². The molecular weight excluding hydrogens is 322 g/mol.